The zero-order valence-electron chi connectivity index (χ0n) is 10.4. The minimum atomic E-state index is -4.32. The lowest BCUT2D eigenvalue weighted by Gasteiger charge is -2.20. The molecule has 0 aromatic heterocycles. The van der Waals surface area contributed by atoms with Gasteiger partial charge in [0.15, 0.2) is 18.2 Å². The van der Waals surface area contributed by atoms with E-state index in [-0.39, 0.29) is 11.6 Å². The van der Waals surface area contributed by atoms with Gasteiger partial charge in [-0.3, -0.25) is 0 Å². The average molecular weight is 283 g/mol. The van der Waals surface area contributed by atoms with Crippen LogP contribution in [0.2, 0.25) is 0 Å². The van der Waals surface area contributed by atoms with Gasteiger partial charge in [-0.25, -0.2) is 13.2 Å². The van der Waals surface area contributed by atoms with E-state index in [1.807, 2.05) is 0 Å². The molecule has 0 spiro atoms. The predicted molar refractivity (Wildman–Crippen MR) is 60.3 cm³/mol. The van der Waals surface area contributed by atoms with Crippen molar-refractivity contribution in [2.45, 2.75) is 25.3 Å². The van der Waals surface area contributed by atoms with Crippen LogP contribution in [0.1, 0.15) is 18.5 Å². The smallest absolute Gasteiger partial charge is 0.340 e. The van der Waals surface area contributed by atoms with E-state index in [4.69, 9.17) is 0 Å². The van der Waals surface area contributed by atoms with E-state index >= 15 is 0 Å². The summed E-state index contributed by atoms with van der Waals surface area (Å²) in [7, 11) is 1.59. The number of halogens is 5. The maximum Gasteiger partial charge on any atom is 0.340 e. The highest BCUT2D eigenvalue weighted by atomic mass is 19.3. The second-order valence-corrected chi connectivity index (χ2v) is 4.02. The molecule has 0 aliphatic rings. The van der Waals surface area contributed by atoms with Gasteiger partial charge in [0.05, 0.1) is 0 Å². The van der Waals surface area contributed by atoms with Crippen molar-refractivity contribution >= 4 is 0 Å². The normalized spacial score (nSPS) is 13.7. The fourth-order valence-corrected chi connectivity index (χ4v) is 1.41. The number of ether oxygens (including phenoxy) is 1. The van der Waals surface area contributed by atoms with Crippen LogP contribution in [0.25, 0.3) is 0 Å². The fourth-order valence-electron chi connectivity index (χ4n) is 1.41. The molecule has 1 rings (SSSR count). The molecule has 0 fully saturated rings. The number of benzene rings is 1. The number of alkyl halides is 4. The van der Waals surface area contributed by atoms with Gasteiger partial charge in [-0.1, -0.05) is 12.1 Å². The van der Waals surface area contributed by atoms with E-state index < -0.39 is 30.5 Å². The standard InChI is InChI=1S/C12H14F5NO/c1-7(18-2)8-4-3-5-9(13)10(8)19-6-12(16,17)11(14)15/h3-5,7,11,18H,6H2,1-2H3. The Morgan fingerprint density at radius 3 is 2.47 bits per heavy atom. The van der Waals surface area contributed by atoms with Gasteiger partial charge in [0.25, 0.3) is 0 Å². The predicted octanol–water partition coefficient (Wildman–Crippen LogP) is 3.39. The highest BCUT2D eigenvalue weighted by Gasteiger charge is 2.42. The largest absolute Gasteiger partial charge is 0.484 e. The van der Waals surface area contributed by atoms with Gasteiger partial charge >= 0.3 is 12.3 Å². The molecule has 0 aliphatic carbocycles. The minimum Gasteiger partial charge on any atom is -0.484 e. The molecule has 0 amide bonds. The maximum atomic E-state index is 13.5. The monoisotopic (exact) mass is 283 g/mol. The third kappa shape index (κ3) is 3.79. The lowest BCUT2D eigenvalue weighted by molar-refractivity contribution is -0.148. The van der Waals surface area contributed by atoms with Crippen LogP contribution in [0.4, 0.5) is 22.0 Å². The van der Waals surface area contributed by atoms with Gasteiger partial charge in [-0.05, 0) is 20.0 Å². The van der Waals surface area contributed by atoms with Crippen LogP contribution in [0.3, 0.4) is 0 Å². The molecule has 0 saturated carbocycles. The van der Waals surface area contributed by atoms with Gasteiger partial charge in [0, 0.05) is 11.6 Å². The zero-order valence-corrected chi connectivity index (χ0v) is 10.4. The van der Waals surface area contributed by atoms with Crippen LogP contribution < -0.4 is 10.1 Å². The van der Waals surface area contributed by atoms with E-state index in [9.17, 15) is 22.0 Å². The Morgan fingerprint density at radius 1 is 1.32 bits per heavy atom. The summed E-state index contributed by atoms with van der Waals surface area (Å²) in [6.45, 7) is 0.0852. The molecule has 0 aliphatic heterocycles. The molecule has 0 radical (unpaired) electrons. The molecule has 19 heavy (non-hydrogen) atoms. The van der Waals surface area contributed by atoms with E-state index in [2.05, 4.69) is 10.1 Å². The fraction of sp³-hybridized carbons (Fsp3) is 0.500. The summed E-state index contributed by atoms with van der Waals surface area (Å²) < 4.78 is 67.7. The number of para-hydroxylation sites is 1. The van der Waals surface area contributed by atoms with E-state index in [1.54, 1.807) is 14.0 Å². The van der Waals surface area contributed by atoms with Crippen LogP contribution in [0, 0.1) is 5.82 Å². The summed E-state index contributed by atoms with van der Waals surface area (Å²) in [4.78, 5) is 0. The maximum absolute atomic E-state index is 13.5. The molecule has 0 saturated heterocycles. The quantitative estimate of drug-likeness (QED) is 0.808. The van der Waals surface area contributed by atoms with Crippen LogP contribution in [0.5, 0.6) is 5.75 Å². The Balaban J connectivity index is 2.94. The highest BCUT2D eigenvalue weighted by molar-refractivity contribution is 5.37. The Kier molecular flexibility index (Phi) is 5.11. The molecular formula is C12H14F5NO. The van der Waals surface area contributed by atoms with Crippen LogP contribution in [0.15, 0.2) is 18.2 Å². The molecule has 2 nitrogen and oxygen atoms in total. The summed E-state index contributed by atoms with van der Waals surface area (Å²) in [5.74, 6) is -5.63. The molecular weight excluding hydrogens is 269 g/mol. The minimum absolute atomic E-state index is 0.285. The van der Waals surface area contributed by atoms with Gasteiger partial charge < -0.3 is 10.1 Å². The van der Waals surface area contributed by atoms with E-state index in [1.165, 1.54) is 12.1 Å². The molecule has 0 bridgehead atoms. The van der Waals surface area contributed by atoms with Crippen molar-refractivity contribution in [3.05, 3.63) is 29.6 Å². The average Bonchev–Trinajstić information content (AvgIpc) is 2.35. The first kappa shape index (κ1) is 15.7. The lowest BCUT2D eigenvalue weighted by Crippen LogP contribution is -2.34. The zero-order chi connectivity index (χ0) is 14.6. The molecule has 1 N–H and O–H groups in total. The van der Waals surface area contributed by atoms with Gasteiger partial charge in [0.1, 0.15) is 0 Å². The summed E-state index contributed by atoms with van der Waals surface area (Å²) in [6, 6.07) is 3.50. The van der Waals surface area contributed by atoms with Crippen LogP contribution >= 0.6 is 0 Å². The third-order valence-electron chi connectivity index (χ3n) is 2.63. The second-order valence-electron chi connectivity index (χ2n) is 4.02. The Bertz CT molecular complexity index is 425. The lowest BCUT2D eigenvalue weighted by atomic mass is 10.1. The van der Waals surface area contributed by atoms with Crippen molar-refractivity contribution in [1.82, 2.24) is 5.32 Å². The number of nitrogens with one attached hydrogen (secondary N) is 1. The van der Waals surface area contributed by atoms with Gasteiger partial charge in [-0.2, -0.15) is 8.78 Å². The van der Waals surface area contributed by atoms with Crippen molar-refractivity contribution in [3.63, 3.8) is 0 Å². The Morgan fingerprint density at radius 2 is 1.95 bits per heavy atom. The van der Waals surface area contributed by atoms with Crippen molar-refractivity contribution in [3.8, 4) is 5.75 Å². The van der Waals surface area contributed by atoms with Crippen molar-refractivity contribution in [1.29, 1.82) is 0 Å². The molecule has 1 atom stereocenters. The van der Waals surface area contributed by atoms with Crippen molar-refractivity contribution in [2.24, 2.45) is 0 Å². The van der Waals surface area contributed by atoms with E-state index in [0.29, 0.717) is 0 Å². The highest BCUT2D eigenvalue weighted by Crippen LogP contribution is 2.30. The summed E-state index contributed by atoms with van der Waals surface area (Å²) in [6.07, 6.45) is -3.86. The molecule has 1 unspecified atom stereocenters. The summed E-state index contributed by atoms with van der Waals surface area (Å²) in [5.41, 5.74) is 0.285. The first-order valence-corrected chi connectivity index (χ1v) is 5.54. The van der Waals surface area contributed by atoms with Gasteiger partial charge in [-0.15, -0.1) is 0 Å². The first-order chi connectivity index (χ1) is 8.79. The Hall–Kier alpha value is -1.37. The molecule has 108 valence electrons. The summed E-state index contributed by atoms with van der Waals surface area (Å²) >= 11 is 0. The van der Waals surface area contributed by atoms with Gasteiger partial charge in [0.2, 0.25) is 0 Å². The topological polar surface area (TPSA) is 21.3 Å². The molecule has 1 aromatic rings. The second kappa shape index (κ2) is 6.18. The van der Waals surface area contributed by atoms with Crippen molar-refractivity contribution in [2.75, 3.05) is 13.7 Å². The number of hydrogen-bond donors (Lipinski definition) is 1. The van der Waals surface area contributed by atoms with E-state index in [0.717, 1.165) is 6.07 Å². The SMILES string of the molecule is CNC(C)c1cccc(F)c1OCC(F)(F)C(F)F. The van der Waals surface area contributed by atoms with Crippen LogP contribution in [-0.4, -0.2) is 26.0 Å². The molecule has 7 heteroatoms. The Labute approximate surface area is 107 Å². The van der Waals surface area contributed by atoms with Crippen molar-refractivity contribution < 1.29 is 26.7 Å². The third-order valence-corrected chi connectivity index (χ3v) is 2.63. The number of rotatable bonds is 6. The molecule has 0 heterocycles. The number of hydrogen-bond acceptors (Lipinski definition) is 2. The summed E-state index contributed by atoms with van der Waals surface area (Å²) in [5, 5.41) is 2.79. The molecule has 1 aromatic carbocycles. The first-order valence-electron chi connectivity index (χ1n) is 5.54. The van der Waals surface area contributed by atoms with Crippen LogP contribution in [-0.2, 0) is 0 Å².